The van der Waals surface area contributed by atoms with Crippen molar-refractivity contribution in [1.29, 1.82) is 0 Å². The van der Waals surface area contributed by atoms with Gasteiger partial charge in [0.1, 0.15) is 5.60 Å². The van der Waals surface area contributed by atoms with E-state index in [2.05, 4.69) is 55.5 Å². The molecule has 1 aliphatic rings. The first-order valence-corrected chi connectivity index (χ1v) is 9.94. The third kappa shape index (κ3) is 6.01. The van der Waals surface area contributed by atoms with Gasteiger partial charge in [-0.1, -0.05) is 37.6 Å². The molecule has 1 saturated carbocycles. The van der Waals surface area contributed by atoms with Crippen molar-refractivity contribution in [2.75, 3.05) is 14.1 Å². The number of hydrogen-bond acceptors (Lipinski definition) is 3. The van der Waals surface area contributed by atoms with Crippen molar-refractivity contribution < 1.29 is 9.53 Å². The molecule has 4 heteroatoms. The van der Waals surface area contributed by atoms with E-state index in [1.54, 1.807) is 0 Å². The fourth-order valence-corrected chi connectivity index (χ4v) is 3.94. The number of carbonyl (C=O) groups excluding carboxylic acids is 1. The maximum absolute atomic E-state index is 12.2. The minimum absolute atomic E-state index is 0.134. The molecule has 1 unspecified atom stereocenters. The van der Waals surface area contributed by atoms with E-state index in [1.165, 1.54) is 17.5 Å². The summed E-state index contributed by atoms with van der Waals surface area (Å²) >= 11 is 0. The standard InChI is InChI=1S/C22H36N2O2/c1-7-9-16-10-8-11-17(14-16)18-12-13-19(20(15-18)24(5)6)23-21(25)26-22(2,3)4/h8,10-11,14,18-20H,7,9,12-13,15H2,1-6H3,(H,23,25)/t18?,19-,20-/m0/s1. The highest BCUT2D eigenvalue weighted by atomic mass is 16.6. The molecule has 0 spiro atoms. The highest BCUT2D eigenvalue weighted by Gasteiger charge is 2.34. The lowest BCUT2D eigenvalue weighted by atomic mass is 9.78. The molecular weight excluding hydrogens is 324 g/mol. The third-order valence-electron chi connectivity index (χ3n) is 5.14. The lowest BCUT2D eigenvalue weighted by Crippen LogP contribution is -2.53. The number of nitrogens with zero attached hydrogens (tertiary/aromatic N) is 1. The summed E-state index contributed by atoms with van der Waals surface area (Å²) in [7, 11) is 4.20. The van der Waals surface area contributed by atoms with Crippen molar-refractivity contribution >= 4 is 6.09 Å². The maximum atomic E-state index is 12.2. The molecule has 146 valence electrons. The first-order chi connectivity index (χ1) is 12.2. The molecule has 1 fully saturated rings. The van der Waals surface area contributed by atoms with Crippen LogP contribution in [0.25, 0.3) is 0 Å². The zero-order valence-electron chi connectivity index (χ0n) is 17.3. The summed E-state index contributed by atoms with van der Waals surface area (Å²) in [5.41, 5.74) is 2.41. The molecule has 1 amide bonds. The lowest BCUT2D eigenvalue weighted by Gasteiger charge is -2.40. The Morgan fingerprint density at radius 1 is 1.27 bits per heavy atom. The van der Waals surface area contributed by atoms with Crippen LogP contribution in [0.3, 0.4) is 0 Å². The van der Waals surface area contributed by atoms with Crippen LogP contribution >= 0.6 is 0 Å². The number of hydrogen-bond donors (Lipinski definition) is 1. The van der Waals surface area contributed by atoms with Gasteiger partial charge in [-0.25, -0.2) is 4.79 Å². The van der Waals surface area contributed by atoms with Gasteiger partial charge in [-0.05, 0) is 77.6 Å². The van der Waals surface area contributed by atoms with Crippen LogP contribution in [-0.4, -0.2) is 42.8 Å². The van der Waals surface area contributed by atoms with Crippen LogP contribution in [0.2, 0.25) is 0 Å². The maximum Gasteiger partial charge on any atom is 0.407 e. The van der Waals surface area contributed by atoms with Crippen molar-refractivity contribution in [1.82, 2.24) is 10.2 Å². The highest BCUT2D eigenvalue weighted by molar-refractivity contribution is 5.68. The Labute approximate surface area is 159 Å². The zero-order valence-corrected chi connectivity index (χ0v) is 17.3. The minimum atomic E-state index is -0.464. The summed E-state index contributed by atoms with van der Waals surface area (Å²) in [5, 5.41) is 3.11. The molecule has 3 atom stereocenters. The molecule has 0 bridgehead atoms. The van der Waals surface area contributed by atoms with Crippen LogP contribution in [0.5, 0.6) is 0 Å². The first kappa shape index (κ1) is 20.8. The number of likely N-dealkylation sites (N-methyl/N-ethyl adjacent to an activating group) is 1. The predicted molar refractivity (Wildman–Crippen MR) is 108 cm³/mol. The first-order valence-electron chi connectivity index (χ1n) is 9.94. The van der Waals surface area contributed by atoms with Gasteiger partial charge in [0, 0.05) is 12.1 Å². The monoisotopic (exact) mass is 360 g/mol. The van der Waals surface area contributed by atoms with E-state index in [0.717, 1.165) is 25.7 Å². The molecule has 2 rings (SSSR count). The summed E-state index contributed by atoms with van der Waals surface area (Å²) in [6.45, 7) is 7.92. The number of amides is 1. The topological polar surface area (TPSA) is 41.6 Å². The SMILES string of the molecule is CCCc1cccc(C2CC[C@H](NC(=O)OC(C)(C)C)[C@@H](N(C)C)C2)c1. The normalized spacial score (nSPS) is 23.7. The fourth-order valence-electron chi connectivity index (χ4n) is 3.94. The van der Waals surface area contributed by atoms with Gasteiger partial charge in [0.2, 0.25) is 0 Å². The smallest absolute Gasteiger partial charge is 0.407 e. The number of nitrogens with one attached hydrogen (secondary N) is 1. The molecule has 0 heterocycles. The molecule has 0 aromatic heterocycles. The Bertz CT molecular complexity index is 592. The van der Waals surface area contributed by atoms with E-state index < -0.39 is 5.60 Å². The number of carbonyl (C=O) groups is 1. The summed E-state index contributed by atoms with van der Waals surface area (Å²) < 4.78 is 5.45. The van der Waals surface area contributed by atoms with Crippen molar-refractivity contribution in [2.45, 2.75) is 83.4 Å². The molecule has 1 aliphatic carbocycles. The van der Waals surface area contributed by atoms with Crippen LogP contribution in [0.15, 0.2) is 24.3 Å². The Kier molecular flexibility index (Phi) is 7.10. The van der Waals surface area contributed by atoms with Gasteiger partial charge in [-0.3, -0.25) is 0 Å². The average molecular weight is 361 g/mol. The van der Waals surface area contributed by atoms with E-state index in [-0.39, 0.29) is 12.1 Å². The second-order valence-corrected chi connectivity index (χ2v) is 8.79. The Balaban J connectivity index is 2.05. The molecule has 26 heavy (non-hydrogen) atoms. The van der Waals surface area contributed by atoms with Gasteiger partial charge < -0.3 is 15.0 Å². The average Bonchev–Trinajstić information content (AvgIpc) is 2.53. The van der Waals surface area contributed by atoms with Crippen LogP contribution in [0, 0.1) is 0 Å². The third-order valence-corrected chi connectivity index (χ3v) is 5.14. The molecule has 0 aliphatic heterocycles. The van der Waals surface area contributed by atoms with E-state index in [0.29, 0.717) is 12.0 Å². The van der Waals surface area contributed by atoms with Crippen molar-refractivity contribution in [3.05, 3.63) is 35.4 Å². The Hall–Kier alpha value is -1.55. The molecule has 1 N–H and O–H groups in total. The second kappa shape index (κ2) is 8.90. The number of ether oxygens (including phenoxy) is 1. The van der Waals surface area contributed by atoms with Gasteiger partial charge in [-0.15, -0.1) is 0 Å². The van der Waals surface area contributed by atoms with E-state index in [1.807, 2.05) is 20.8 Å². The summed E-state index contributed by atoms with van der Waals surface area (Å²) in [6, 6.07) is 9.51. The summed E-state index contributed by atoms with van der Waals surface area (Å²) in [4.78, 5) is 14.5. The van der Waals surface area contributed by atoms with Crippen molar-refractivity contribution in [3.63, 3.8) is 0 Å². The largest absolute Gasteiger partial charge is 0.444 e. The minimum Gasteiger partial charge on any atom is -0.444 e. The predicted octanol–water partition coefficient (Wildman–Crippen LogP) is 4.73. The summed E-state index contributed by atoms with van der Waals surface area (Å²) in [6.07, 6.45) is 5.14. The highest BCUT2D eigenvalue weighted by Crippen LogP contribution is 2.35. The van der Waals surface area contributed by atoms with Gasteiger partial charge in [-0.2, -0.15) is 0 Å². The molecule has 0 radical (unpaired) electrons. The van der Waals surface area contributed by atoms with Crippen molar-refractivity contribution in [2.24, 2.45) is 0 Å². The van der Waals surface area contributed by atoms with Crippen LogP contribution < -0.4 is 5.32 Å². The van der Waals surface area contributed by atoms with Crippen LogP contribution in [0.4, 0.5) is 4.79 Å². The van der Waals surface area contributed by atoms with E-state index >= 15 is 0 Å². The van der Waals surface area contributed by atoms with Gasteiger partial charge in [0.25, 0.3) is 0 Å². The van der Waals surface area contributed by atoms with E-state index in [4.69, 9.17) is 4.74 Å². The Morgan fingerprint density at radius 3 is 2.62 bits per heavy atom. The molecule has 0 saturated heterocycles. The zero-order chi connectivity index (χ0) is 19.3. The number of rotatable bonds is 5. The van der Waals surface area contributed by atoms with Gasteiger partial charge in [0.15, 0.2) is 0 Å². The van der Waals surface area contributed by atoms with Crippen molar-refractivity contribution in [3.8, 4) is 0 Å². The quantitative estimate of drug-likeness (QED) is 0.825. The number of aryl methyl sites for hydroxylation is 1. The molecule has 1 aromatic rings. The number of alkyl carbamates (subject to hydrolysis) is 1. The summed E-state index contributed by atoms with van der Waals surface area (Å²) in [5.74, 6) is 0.552. The number of benzene rings is 1. The van der Waals surface area contributed by atoms with Crippen LogP contribution in [0.1, 0.15) is 70.4 Å². The van der Waals surface area contributed by atoms with E-state index in [9.17, 15) is 4.79 Å². The van der Waals surface area contributed by atoms with Crippen LogP contribution in [-0.2, 0) is 11.2 Å². The second-order valence-electron chi connectivity index (χ2n) is 8.79. The fraction of sp³-hybridized carbons (Fsp3) is 0.682. The van der Waals surface area contributed by atoms with Gasteiger partial charge >= 0.3 is 6.09 Å². The Morgan fingerprint density at radius 2 is 2.00 bits per heavy atom. The molecular formula is C22H36N2O2. The lowest BCUT2D eigenvalue weighted by molar-refractivity contribution is 0.0445. The van der Waals surface area contributed by atoms with Gasteiger partial charge in [0.05, 0.1) is 0 Å². The molecule has 4 nitrogen and oxygen atoms in total. The molecule has 1 aromatic carbocycles.